The average molecular weight is 292 g/mol. The summed E-state index contributed by atoms with van der Waals surface area (Å²) in [7, 11) is -0.337. The van der Waals surface area contributed by atoms with Gasteiger partial charge >= 0.3 is 7.12 Å². The molecule has 0 saturated carbocycles. The van der Waals surface area contributed by atoms with Gasteiger partial charge in [0.1, 0.15) is 0 Å². The van der Waals surface area contributed by atoms with E-state index in [1.807, 2.05) is 17.1 Å². The largest absolute Gasteiger partial charge is 0.498 e. The summed E-state index contributed by atoms with van der Waals surface area (Å²) in [4.78, 5) is 0. The van der Waals surface area contributed by atoms with Crippen LogP contribution in [0.1, 0.15) is 47.0 Å². The second-order valence-electron chi connectivity index (χ2n) is 7.07. The monoisotopic (exact) mass is 292 g/mol. The van der Waals surface area contributed by atoms with Crippen LogP contribution < -0.4 is 5.46 Å². The van der Waals surface area contributed by atoms with Gasteiger partial charge < -0.3 is 14.0 Å². The van der Waals surface area contributed by atoms with Gasteiger partial charge in [0.15, 0.2) is 0 Å². The highest BCUT2D eigenvalue weighted by atomic mass is 16.7. The topological polar surface area (TPSA) is 45.5 Å². The van der Waals surface area contributed by atoms with E-state index in [9.17, 15) is 0 Å². The molecule has 21 heavy (non-hydrogen) atoms. The first kappa shape index (κ1) is 15.1. The predicted octanol–water partition coefficient (Wildman–Crippen LogP) is 1.75. The molecule has 1 aromatic heterocycles. The number of rotatable bonds is 3. The lowest BCUT2D eigenvalue weighted by Crippen LogP contribution is -2.41. The summed E-state index contributed by atoms with van der Waals surface area (Å²) in [5.74, 6) is 0. The van der Waals surface area contributed by atoms with Crippen LogP contribution in [0.2, 0.25) is 0 Å². The van der Waals surface area contributed by atoms with E-state index in [4.69, 9.17) is 14.0 Å². The van der Waals surface area contributed by atoms with Crippen LogP contribution in [0.25, 0.3) is 0 Å². The van der Waals surface area contributed by atoms with Crippen molar-refractivity contribution < 1.29 is 14.0 Å². The van der Waals surface area contributed by atoms with Crippen molar-refractivity contribution in [3.8, 4) is 0 Å². The maximum Gasteiger partial charge on any atom is 0.498 e. The summed E-state index contributed by atoms with van der Waals surface area (Å²) in [5, 5.41) is 4.43. The molecule has 0 N–H and O–H groups in total. The quantitative estimate of drug-likeness (QED) is 0.796. The van der Waals surface area contributed by atoms with Gasteiger partial charge in [-0.2, -0.15) is 5.10 Å². The van der Waals surface area contributed by atoms with E-state index in [0.717, 1.165) is 25.0 Å². The third-order valence-electron chi connectivity index (χ3n) is 4.84. The summed E-state index contributed by atoms with van der Waals surface area (Å²) in [6, 6.07) is 0. The molecule has 2 saturated heterocycles. The number of hydrogen-bond acceptors (Lipinski definition) is 4. The SMILES string of the molecule is CC1(C)OB(c2cnn(CC3CCCCO3)c2)OC1(C)C. The number of ether oxygens (including phenoxy) is 1. The zero-order valence-electron chi connectivity index (χ0n) is 13.5. The van der Waals surface area contributed by atoms with Gasteiger partial charge in [-0.15, -0.1) is 0 Å². The minimum atomic E-state index is -0.337. The molecule has 116 valence electrons. The van der Waals surface area contributed by atoms with Crippen LogP contribution in [0.4, 0.5) is 0 Å². The highest BCUT2D eigenvalue weighted by Crippen LogP contribution is 2.36. The summed E-state index contributed by atoms with van der Waals surface area (Å²) in [5.41, 5.74) is 0.350. The van der Waals surface area contributed by atoms with Gasteiger partial charge in [0.05, 0.1) is 23.9 Å². The van der Waals surface area contributed by atoms with Crippen LogP contribution in [0, 0.1) is 0 Å². The van der Waals surface area contributed by atoms with Gasteiger partial charge in [-0.3, -0.25) is 4.68 Å². The fourth-order valence-corrected chi connectivity index (χ4v) is 2.74. The molecule has 0 aliphatic carbocycles. The molecule has 2 aliphatic heterocycles. The molecule has 0 radical (unpaired) electrons. The van der Waals surface area contributed by atoms with Crippen molar-refractivity contribution in [2.45, 2.75) is 70.8 Å². The van der Waals surface area contributed by atoms with Crippen LogP contribution in [0.15, 0.2) is 12.4 Å². The maximum absolute atomic E-state index is 6.05. The molecule has 3 heterocycles. The van der Waals surface area contributed by atoms with Gasteiger partial charge in [-0.25, -0.2) is 0 Å². The molecule has 0 aromatic carbocycles. The molecule has 1 aromatic rings. The van der Waals surface area contributed by atoms with E-state index < -0.39 is 0 Å². The van der Waals surface area contributed by atoms with E-state index in [-0.39, 0.29) is 24.4 Å². The lowest BCUT2D eigenvalue weighted by atomic mass is 9.82. The van der Waals surface area contributed by atoms with Gasteiger partial charge in [0.25, 0.3) is 0 Å². The van der Waals surface area contributed by atoms with E-state index >= 15 is 0 Å². The minimum absolute atomic E-state index is 0.282. The molecular weight excluding hydrogens is 267 g/mol. The lowest BCUT2D eigenvalue weighted by Gasteiger charge is -2.32. The molecule has 0 amide bonds. The maximum atomic E-state index is 6.05. The molecule has 5 nitrogen and oxygen atoms in total. The molecule has 2 aliphatic rings. The van der Waals surface area contributed by atoms with Crippen molar-refractivity contribution in [2.24, 2.45) is 0 Å². The van der Waals surface area contributed by atoms with Crippen LogP contribution in [0.5, 0.6) is 0 Å². The Hall–Kier alpha value is -0.845. The molecule has 6 heteroatoms. The summed E-state index contributed by atoms with van der Waals surface area (Å²) in [6.45, 7) is 9.93. The minimum Gasteiger partial charge on any atom is -0.399 e. The first-order valence-corrected chi connectivity index (χ1v) is 7.87. The lowest BCUT2D eigenvalue weighted by molar-refractivity contribution is 0.00400. The van der Waals surface area contributed by atoms with Crippen molar-refractivity contribution in [1.29, 1.82) is 0 Å². The van der Waals surface area contributed by atoms with Crippen molar-refractivity contribution in [3.05, 3.63) is 12.4 Å². The molecule has 1 unspecified atom stereocenters. The summed E-state index contributed by atoms with van der Waals surface area (Å²) < 4.78 is 19.8. The highest BCUT2D eigenvalue weighted by molar-refractivity contribution is 6.61. The van der Waals surface area contributed by atoms with Crippen molar-refractivity contribution >= 4 is 12.6 Å². The second kappa shape index (κ2) is 5.41. The smallest absolute Gasteiger partial charge is 0.399 e. The standard InChI is InChI=1S/C15H25BN2O3/c1-14(2)15(3,4)21-16(20-14)12-9-17-18(10-12)11-13-7-5-6-8-19-13/h9-10,13H,5-8,11H2,1-4H3. The summed E-state index contributed by atoms with van der Waals surface area (Å²) in [6.07, 6.45) is 7.67. The van der Waals surface area contributed by atoms with E-state index in [1.54, 1.807) is 0 Å². The predicted molar refractivity (Wildman–Crippen MR) is 81.5 cm³/mol. The van der Waals surface area contributed by atoms with Crippen LogP contribution in [-0.2, 0) is 20.6 Å². The average Bonchev–Trinajstić information content (AvgIpc) is 2.94. The number of aromatic nitrogens is 2. The molecule has 2 fully saturated rings. The van der Waals surface area contributed by atoms with E-state index in [2.05, 4.69) is 32.8 Å². The zero-order valence-corrected chi connectivity index (χ0v) is 13.5. The van der Waals surface area contributed by atoms with Gasteiger partial charge in [0.2, 0.25) is 0 Å². The first-order valence-electron chi connectivity index (χ1n) is 7.87. The fourth-order valence-electron chi connectivity index (χ4n) is 2.74. The van der Waals surface area contributed by atoms with Gasteiger partial charge in [-0.05, 0) is 47.0 Å². The Bertz CT molecular complexity index is 479. The third kappa shape index (κ3) is 3.03. The Kier molecular flexibility index (Phi) is 3.88. The van der Waals surface area contributed by atoms with E-state index in [0.29, 0.717) is 0 Å². The fraction of sp³-hybridized carbons (Fsp3) is 0.800. The Morgan fingerprint density at radius 1 is 1.24 bits per heavy atom. The number of hydrogen-bond donors (Lipinski definition) is 0. The molecule has 0 bridgehead atoms. The molecule has 3 rings (SSSR count). The first-order chi connectivity index (χ1) is 9.87. The van der Waals surface area contributed by atoms with E-state index in [1.165, 1.54) is 12.8 Å². The number of nitrogens with zero attached hydrogens (tertiary/aromatic N) is 2. The third-order valence-corrected chi connectivity index (χ3v) is 4.84. The molecular formula is C15H25BN2O3. The summed E-state index contributed by atoms with van der Waals surface area (Å²) >= 11 is 0. The van der Waals surface area contributed by atoms with Crippen molar-refractivity contribution in [2.75, 3.05) is 6.61 Å². The van der Waals surface area contributed by atoms with Crippen LogP contribution in [-0.4, -0.2) is 40.8 Å². The Morgan fingerprint density at radius 3 is 2.57 bits per heavy atom. The second-order valence-corrected chi connectivity index (χ2v) is 7.07. The Balaban J connectivity index is 1.65. The van der Waals surface area contributed by atoms with Crippen LogP contribution in [0.3, 0.4) is 0 Å². The Labute approximate surface area is 127 Å². The van der Waals surface area contributed by atoms with Crippen molar-refractivity contribution in [3.63, 3.8) is 0 Å². The van der Waals surface area contributed by atoms with Crippen molar-refractivity contribution in [1.82, 2.24) is 9.78 Å². The molecule has 1 atom stereocenters. The Morgan fingerprint density at radius 2 is 1.95 bits per heavy atom. The van der Waals surface area contributed by atoms with Crippen LogP contribution >= 0.6 is 0 Å². The van der Waals surface area contributed by atoms with Gasteiger partial charge in [-0.1, -0.05) is 0 Å². The zero-order chi connectivity index (χ0) is 15.1. The highest BCUT2D eigenvalue weighted by Gasteiger charge is 2.52. The van der Waals surface area contributed by atoms with Gasteiger partial charge in [0, 0.05) is 24.5 Å². The molecule has 0 spiro atoms. The normalized spacial score (nSPS) is 28.0.